The van der Waals surface area contributed by atoms with Crippen LogP contribution in [0.3, 0.4) is 0 Å². The highest BCUT2D eigenvalue weighted by molar-refractivity contribution is 7.89. The Morgan fingerprint density at radius 1 is 1.25 bits per heavy atom. The molecule has 0 saturated heterocycles. The normalized spacial score (nSPS) is 14.6. The van der Waals surface area contributed by atoms with Crippen molar-refractivity contribution in [2.75, 3.05) is 51.3 Å². The van der Waals surface area contributed by atoms with E-state index >= 15 is 0 Å². The summed E-state index contributed by atoms with van der Waals surface area (Å²) in [5.74, 6) is 0.738. The number of fused-ring (bicyclic) bond motifs is 1. The van der Waals surface area contributed by atoms with Gasteiger partial charge in [0.25, 0.3) is 0 Å². The molecule has 1 aliphatic heterocycles. The monoisotopic (exact) mass is 355 g/mol. The molecule has 1 aromatic rings. The van der Waals surface area contributed by atoms with E-state index in [1.54, 1.807) is 18.2 Å². The summed E-state index contributed by atoms with van der Waals surface area (Å²) in [7, 11) is -1.53. The smallest absolute Gasteiger partial charge is 0.240 e. The van der Waals surface area contributed by atoms with Crippen LogP contribution in [0.1, 0.15) is 26.7 Å². The Kier molecular flexibility index (Phi) is 6.89. The van der Waals surface area contributed by atoms with Crippen LogP contribution in [-0.2, 0) is 10.0 Å². The molecule has 0 aromatic heterocycles. The molecule has 1 N–H and O–H groups in total. The van der Waals surface area contributed by atoms with Crippen molar-refractivity contribution in [3.05, 3.63) is 18.2 Å². The number of likely N-dealkylation sites (N-methyl/N-ethyl adjacent to an activating group) is 1. The van der Waals surface area contributed by atoms with E-state index in [1.165, 1.54) is 0 Å². The summed E-state index contributed by atoms with van der Waals surface area (Å²) in [4.78, 5) is 4.65. The number of anilines is 1. The average Bonchev–Trinajstić information content (AvgIpc) is 2.58. The van der Waals surface area contributed by atoms with Gasteiger partial charge in [0.2, 0.25) is 10.0 Å². The van der Waals surface area contributed by atoms with E-state index in [0.717, 1.165) is 50.5 Å². The second-order valence-electron chi connectivity index (χ2n) is 6.03. The fourth-order valence-corrected chi connectivity index (χ4v) is 3.88. The summed E-state index contributed by atoms with van der Waals surface area (Å²) in [6.45, 7) is 9.21. The Labute approximate surface area is 145 Å². The summed E-state index contributed by atoms with van der Waals surface area (Å²) in [6, 6.07) is 5.03. The van der Waals surface area contributed by atoms with Gasteiger partial charge in [0.05, 0.1) is 17.1 Å². The van der Waals surface area contributed by atoms with Gasteiger partial charge in [-0.3, -0.25) is 0 Å². The standard InChI is InChI=1S/C17H29N3O3S/c1-4-20(5-2)11-7-6-10-18-24(21,22)15-8-9-17-16(14-15)19(3)12-13-23-17/h8-9,14,18H,4-7,10-13H2,1-3H3. The number of unbranched alkanes of at least 4 members (excludes halogenated alkanes) is 1. The van der Waals surface area contributed by atoms with Gasteiger partial charge in [-0.05, 0) is 50.7 Å². The van der Waals surface area contributed by atoms with Gasteiger partial charge in [0.15, 0.2) is 0 Å². The summed E-state index contributed by atoms with van der Waals surface area (Å²) in [5.41, 5.74) is 0.825. The van der Waals surface area contributed by atoms with Crippen molar-refractivity contribution in [2.45, 2.75) is 31.6 Å². The van der Waals surface area contributed by atoms with E-state index < -0.39 is 10.0 Å². The highest BCUT2D eigenvalue weighted by Crippen LogP contribution is 2.32. The molecule has 7 heteroatoms. The zero-order valence-corrected chi connectivity index (χ0v) is 15.7. The lowest BCUT2D eigenvalue weighted by molar-refractivity contribution is 0.297. The number of ether oxygens (including phenoxy) is 1. The van der Waals surface area contributed by atoms with Crippen LogP contribution in [0.4, 0.5) is 5.69 Å². The van der Waals surface area contributed by atoms with E-state index in [0.29, 0.717) is 18.0 Å². The van der Waals surface area contributed by atoms with Crippen molar-refractivity contribution in [3.63, 3.8) is 0 Å². The second kappa shape index (κ2) is 8.69. The first kappa shape index (κ1) is 19.0. The molecule has 0 bridgehead atoms. The van der Waals surface area contributed by atoms with Gasteiger partial charge in [0, 0.05) is 13.6 Å². The molecule has 1 aliphatic rings. The molecule has 0 aliphatic carbocycles. The Hall–Kier alpha value is -1.31. The zero-order valence-electron chi connectivity index (χ0n) is 14.9. The summed E-state index contributed by atoms with van der Waals surface area (Å²) in [6.07, 6.45) is 1.83. The maximum atomic E-state index is 12.5. The zero-order chi connectivity index (χ0) is 17.6. The molecule has 0 amide bonds. The first-order valence-corrected chi connectivity index (χ1v) is 10.2. The predicted octanol–water partition coefficient (Wildman–Crippen LogP) is 1.92. The number of benzene rings is 1. The van der Waals surface area contributed by atoms with Gasteiger partial charge in [-0.1, -0.05) is 13.8 Å². The van der Waals surface area contributed by atoms with Crippen molar-refractivity contribution >= 4 is 15.7 Å². The summed E-state index contributed by atoms with van der Waals surface area (Å²) < 4.78 is 33.2. The van der Waals surface area contributed by atoms with Crippen LogP contribution in [0.25, 0.3) is 0 Å². The first-order valence-electron chi connectivity index (χ1n) is 8.68. The lowest BCUT2D eigenvalue weighted by Crippen LogP contribution is -2.30. The second-order valence-corrected chi connectivity index (χ2v) is 7.80. The molecule has 0 atom stereocenters. The van der Waals surface area contributed by atoms with Crippen molar-refractivity contribution < 1.29 is 13.2 Å². The third-order valence-electron chi connectivity index (χ3n) is 4.42. The molecule has 0 fully saturated rings. The number of hydrogen-bond donors (Lipinski definition) is 1. The van der Waals surface area contributed by atoms with Gasteiger partial charge >= 0.3 is 0 Å². The van der Waals surface area contributed by atoms with Crippen LogP contribution in [0.5, 0.6) is 5.75 Å². The number of rotatable bonds is 9. The topological polar surface area (TPSA) is 61.9 Å². The quantitative estimate of drug-likeness (QED) is 0.686. The number of nitrogens with one attached hydrogen (secondary N) is 1. The van der Waals surface area contributed by atoms with E-state index in [9.17, 15) is 8.42 Å². The Bertz CT molecular complexity index is 630. The minimum Gasteiger partial charge on any atom is -0.490 e. The minimum absolute atomic E-state index is 0.294. The number of hydrogen-bond acceptors (Lipinski definition) is 5. The fourth-order valence-electron chi connectivity index (χ4n) is 2.79. The van der Waals surface area contributed by atoms with Gasteiger partial charge in [-0.15, -0.1) is 0 Å². The summed E-state index contributed by atoms with van der Waals surface area (Å²) >= 11 is 0. The van der Waals surface area contributed by atoms with Gasteiger partial charge in [0.1, 0.15) is 12.4 Å². The number of nitrogens with zero attached hydrogens (tertiary/aromatic N) is 2. The van der Waals surface area contributed by atoms with Crippen LogP contribution in [0, 0.1) is 0 Å². The highest BCUT2D eigenvalue weighted by Gasteiger charge is 2.20. The fraction of sp³-hybridized carbons (Fsp3) is 0.647. The van der Waals surface area contributed by atoms with Crippen LogP contribution < -0.4 is 14.4 Å². The molecule has 0 unspecified atom stereocenters. The Morgan fingerprint density at radius 3 is 2.71 bits per heavy atom. The van der Waals surface area contributed by atoms with E-state index in [2.05, 4.69) is 23.5 Å². The molecule has 2 rings (SSSR count). The average molecular weight is 356 g/mol. The first-order chi connectivity index (χ1) is 11.5. The molecule has 0 radical (unpaired) electrons. The molecule has 136 valence electrons. The third kappa shape index (κ3) is 4.84. The third-order valence-corrected chi connectivity index (χ3v) is 5.88. The van der Waals surface area contributed by atoms with E-state index in [1.807, 2.05) is 11.9 Å². The van der Waals surface area contributed by atoms with Crippen LogP contribution >= 0.6 is 0 Å². The molecular weight excluding hydrogens is 326 g/mol. The molecule has 0 saturated carbocycles. The van der Waals surface area contributed by atoms with Crippen molar-refractivity contribution in [2.24, 2.45) is 0 Å². The molecule has 1 aromatic carbocycles. The number of sulfonamides is 1. The maximum Gasteiger partial charge on any atom is 0.240 e. The van der Waals surface area contributed by atoms with Crippen LogP contribution in [0.2, 0.25) is 0 Å². The van der Waals surface area contributed by atoms with E-state index in [-0.39, 0.29) is 0 Å². The predicted molar refractivity (Wildman–Crippen MR) is 97.4 cm³/mol. The van der Waals surface area contributed by atoms with Gasteiger partial charge in [-0.25, -0.2) is 13.1 Å². The Balaban J connectivity index is 1.90. The largest absolute Gasteiger partial charge is 0.490 e. The van der Waals surface area contributed by atoms with Crippen molar-refractivity contribution in [1.82, 2.24) is 9.62 Å². The molecule has 6 nitrogen and oxygen atoms in total. The molecular formula is C17H29N3O3S. The van der Waals surface area contributed by atoms with Gasteiger partial charge in [-0.2, -0.15) is 0 Å². The Morgan fingerprint density at radius 2 is 2.00 bits per heavy atom. The summed E-state index contributed by atoms with van der Waals surface area (Å²) in [5, 5.41) is 0. The van der Waals surface area contributed by atoms with Crippen molar-refractivity contribution in [3.8, 4) is 5.75 Å². The SMILES string of the molecule is CCN(CC)CCCCNS(=O)(=O)c1ccc2c(c1)N(C)CCO2. The highest BCUT2D eigenvalue weighted by atomic mass is 32.2. The minimum atomic E-state index is -3.47. The molecule has 0 spiro atoms. The van der Waals surface area contributed by atoms with Gasteiger partial charge < -0.3 is 14.5 Å². The lowest BCUT2D eigenvalue weighted by Gasteiger charge is -2.28. The molecule has 1 heterocycles. The van der Waals surface area contributed by atoms with Crippen molar-refractivity contribution in [1.29, 1.82) is 0 Å². The van der Waals surface area contributed by atoms with E-state index in [4.69, 9.17) is 4.74 Å². The molecule has 24 heavy (non-hydrogen) atoms. The lowest BCUT2D eigenvalue weighted by atomic mass is 10.2. The van der Waals surface area contributed by atoms with Crippen LogP contribution in [0.15, 0.2) is 23.1 Å². The van der Waals surface area contributed by atoms with Crippen LogP contribution in [-0.4, -0.2) is 59.7 Å². The maximum absolute atomic E-state index is 12.5.